The average Bonchev–Trinajstić information content (AvgIpc) is 3.29. The zero-order valence-electron chi connectivity index (χ0n) is 14.9. The molecule has 1 aliphatic heterocycles. The Balaban J connectivity index is 1.64. The van der Waals surface area contributed by atoms with Crippen molar-refractivity contribution in [1.82, 2.24) is 4.90 Å². The summed E-state index contributed by atoms with van der Waals surface area (Å²) in [6, 6.07) is 11.5. The first kappa shape index (κ1) is 18.6. The molecule has 6 heteroatoms. The number of nitrogens with one attached hydrogen (secondary N) is 1. The lowest BCUT2D eigenvalue weighted by atomic mass is 10.1. The number of hydrogen-bond donors (Lipinski definition) is 1. The fourth-order valence-corrected chi connectivity index (χ4v) is 3.79. The van der Waals surface area contributed by atoms with Crippen LogP contribution in [-0.4, -0.2) is 36.0 Å². The van der Waals surface area contributed by atoms with Crippen LogP contribution in [0.2, 0.25) is 0 Å². The molecule has 1 saturated heterocycles. The van der Waals surface area contributed by atoms with Gasteiger partial charge in [0, 0.05) is 30.6 Å². The van der Waals surface area contributed by atoms with Gasteiger partial charge in [0.05, 0.1) is 19.1 Å². The van der Waals surface area contributed by atoms with Crippen LogP contribution in [0.5, 0.6) is 0 Å². The van der Waals surface area contributed by atoms with E-state index < -0.39 is 0 Å². The van der Waals surface area contributed by atoms with E-state index in [0.717, 1.165) is 30.7 Å². The van der Waals surface area contributed by atoms with Gasteiger partial charge in [-0.1, -0.05) is 18.2 Å². The molecule has 1 unspecified atom stereocenters. The van der Waals surface area contributed by atoms with Gasteiger partial charge in [-0.25, -0.2) is 0 Å². The number of amides is 2. The summed E-state index contributed by atoms with van der Waals surface area (Å²) in [4.78, 5) is 27.1. The van der Waals surface area contributed by atoms with Gasteiger partial charge in [0.2, 0.25) is 11.8 Å². The predicted octanol–water partition coefficient (Wildman–Crippen LogP) is 3.46. The molecule has 0 saturated carbocycles. The van der Waals surface area contributed by atoms with Gasteiger partial charge in [-0.3, -0.25) is 9.59 Å². The Hall–Kier alpha value is -2.18. The minimum Gasteiger partial charge on any atom is -0.376 e. The van der Waals surface area contributed by atoms with E-state index >= 15 is 0 Å². The Morgan fingerprint density at radius 1 is 1.27 bits per heavy atom. The average molecular weight is 372 g/mol. The summed E-state index contributed by atoms with van der Waals surface area (Å²) >= 11 is 1.67. The molecule has 0 aliphatic carbocycles. The molecule has 0 bridgehead atoms. The standard InChI is InChI=1S/C20H24N2O3S/c1-15(23)21-17-8-6-16(7-9-17)12-20(24)22(13-18-4-2-10-25-18)14-19-5-3-11-26-19/h3,5-9,11,18H,2,4,10,12-14H2,1H3,(H,21,23). The summed E-state index contributed by atoms with van der Waals surface area (Å²) in [5.41, 5.74) is 1.68. The molecule has 26 heavy (non-hydrogen) atoms. The van der Waals surface area contributed by atoms with Crippen molar-refractivity contribution >= 4 is 28.8 Å². The summed E-state index contributed by atoms with van der Waals surface area (Å²) in [5, 5.41) is 4.77. The Labute approximate surface area is 158 Å². The fourth-order valence-electron chi connectivity index (χ4n) is 3.07. The predicted molar refractivity (Wildman–Crippen MR) is 103 cm³/mol. The number of ether oxygens (including phenoxy) is 1. The zero-order chi connectivity index (χ0) is 18.4. The first-order chi connectivity index (χ1) is 12.6. The third-order valence-corrected chi connectivity index (χ3v) is 5.22. The van der Waals surface area contributed by atoms with Gasteiger partial charge in [0.25, 0.3) is 0 Å². The van der Waals surface area contributed by atoms with E-state index in [1.165, 1.54) is 11.8 Å². The molecule has 2 aromatic rings. The molecular weight excluding hydrogens is 348 g/mol. The molecule has 1 aromatic heterocycles. The van der Waals surface area contributed by atoms with Crippen molar-refractivity contribution in [3.63, 3.8) is 0 Å². The lowest BCUT2D eigenvalue weighted by Crippen LogP contribution is -2.37. The third-order valence-electron chi connectivity index (χ3n) is 4.36. The van der Waals surface area contributed by atoms with Gasteiger partial charge in [-0.05, 0) is 42.0 Å². The molecule has 5 nitrogen and oxygen atoms in total. The lowest BCUT2D eigenvalue weighted by molar-refractivity contribution is -0.132. The number of thiophene rings is 1. The van der Waals surface area contributed by atoms with Crippen molar-refractivity contribution in [2.45, 2.75) is 38.8 Å². The number of benzene rings is 1. The summed E-state index contributed by atoms with van der Waals surface area (Å²) in [6.45, 7) is 3.53. The van der Waals surface area contributed by atoms with Crippen LogP contribution in [0.25, 0.3) is 0 Å². The molecule has 0 radical (unpaired) electrons. The highest BCUT2D eigenvalue weighted by Crippen LogP contribution is 2.19. The van der Waals surface area contributed by atoms with Crippen molar-refractivity contribution in [1.29, 1.82) is 0 Å². The van der Waals surface area contributed by atoms with Gasteiger partial charge in [-0.2, -0.15) is 0 Å². The van der Waals surface area contributed by atoms with Gasteiger partial charge >= 0.3 is 0 Å². The van der Waals surface area contributed by atoms with Crippen LogP contribution in [-0.2, 0) is 27.3 Å². The molecule has 2 heterocycles. The summed E-state index contributed by atoms with van der Waals surface area (Å²) < 4.78 is 5.72. The number of carbonyl (C=O) groups excluding carboxylic acids is 2. The number of nitrogens with zero attached hydrogens (tertiary/aromatic N) is 1. The fraction of sp³-hybridized carbons (Fsp3) is 0.400. The molecule has 0 spiro atoms. The van der Waals surface area contributed by atoms with Crippen LogP contribution in [0.4, 0.5) is 5.69 Å². The topological polar surface area (TPSA) is 58.6 Å². The van der Waals surface area contributed by atoms with E-state index in [9.17, 15) is 9.59 Å². The van der Waals surface area contributed by atoms with E-state index in [0.29, 0.717) is 19.5 Å². The van der Waals surface area contributed by atoms with Crippen molar-refractivity contribution in [3.8, 4) is 0 Å². The maximum Gasteiger partial charge on any atom is 0.227 e. The number of rotatable bonds is 7. The highest BCUT2D eigenvalue weighted by atomic mass is 32.1. The quantitative estimate of drug-likeness (QED) is 0.810. The first-order valence-electron chi connectivity index (χ1n) is 8.88. The number of hydrogen-bond acceptors (Lipinski definition) is 4. The molecule has 1 N–H and O–H groups in total. The van der Waals surface area contributed by atoms with Gasteiger partial charge in [0.1, 0.15) is 0 Å². The van der Waals surface area contributed by atoms with E-state index in [1.807, 2.05) is 40.6 Å². The Kier molecular flexibility index (Phi) is 6.41. The molecule has 1 atom stereocenters. The molecule has 1 fully saturated rings. The van der Waals surface area contributed by atoms with Crippen LogP contribution in [0.15, 0.2) is 41.8 Å². The first-order valence-corrected chi connectivity index (χ1v) is 9.76. The molecule has 2 amide bonds. The highest BCUT2D eigenvalue weighted by molar-refractivity contribution is 7.09. The largest absolute Gasteiger partial charge is 0.376 e. The van der Waals surface area contributed by atoms with Crippen LogP contribution in [0.3, 0.4) is 0 Å². The monoisotopic (exact) mass is 372 g/mol. The minimum absolute atomic E-state index is 0.0983. The maximum absolute atomic E-state index is 12.9. The number of anilines is 1. The normalized spacial score (nSPS) is 16.4. The van der Waals surface area contributed by atoms with Crippen LogP contribution < -0.4 is 5.32 Å². The van der Waals surface area contributed by atoms with Gasteiger partial charge in [-0.15, -0.1) is 11.3 Å². The molecular formula is C20H24N2O3S. The highest BCUT2D eigenvalue weighted by Gasteiger charge is 2.23. The van der Waals surface area contributed by atoms with E-state index in [1.54, 1.807) is 11.3 Å². The van der Waals surface area contributed by atoms with Crippen molar-refractivity contribution in [2.75, 3.05) is 18.5 Å². The smallest absolute Gasteiger partial charge is 0.227 e. The molecule has 1 aliphatic rings. The van der Waals surface area contributed by atoms with E-state index in [4.69, 9.17) is 4.74 Å². The Morgan fingerprint density at radius 2 is 2.08 bits per heavy atom. The summed E-state index contributed by atoms with van der Waals surface area (Å²) in [6.07, 6.45) is 2.56. The summed E-state index contributed by atoms with van der Waals surface area (Å²) in [7, 11) is 0. The second-order valence-electron chi connectivity index (χ2n) is 6.54. The van der Waals surface area contributed by atoms with Crippen LogP contribution in [0, 0.1) is 0 Å². The Bertz CT molecular complexity index is 722. The minimum atomic E-state index is -0.104. The third kappa shape index (κ3) is 5.41. The van der Waals surface area contributed by atoms with Crippen molar-refractivity contribution in [2.24, 2.45) is 0 Å². The lowest BCUT2D eigenvalue weighted by Gasteiger charge is -2.25. The second-order valence-corrected chi connectivity index (χ2v) is 7.58. The molecule has 3 rings (SSSR count). The Morgan fingerprint density at radius 3 is 2.69 bits per heavy atom. The SMILES string of the molecule is CC(=O)Nc1ccc(CC(=O)N(Cc2cccs2)CC2CCCO2)cc1. The second kappa shape index (κ2) is 8.96. The molecule has 138 valence electrons. The van der Waals surface area contributed by atoms with Gasteiger partial charge in [0.15, 0.2) is 0 Å². The van der Waals surface area contributed by atoms with E-state index in [-0.39, 0.29) is 17.9 Å². The zero-order valence-corrected chi connectivity index (χ0v) is 15.8. The van der Waals surface area contributed by atoms with Crippen molar-refractivity contribution < 1.29 is 14.3 Å². The van der Waals surface area contributed by atoms with Crippen LogP contribution >= 0.6 is 11.3 Å². The summed E-state index contributed by atoms with van der Waals surface area (Å²) in [5.74, 6) is -0.00584. The van der Waals surface area contributed by atoms with Crippen LogP contribution in [0.1, 0.15) is 30.2 Å². The van der Waals surface area contributed by atoms with Gasteiger partial charge < -0.3 is 15.0 Å². The van der Waals surface area contributed by atoms with E-state index in [2.05, 4.69) is 11.4 Å². The van der Waals surface area contributed by atoms with Crippen molar-refractivity contribution in [3.05, 3.63) is 52.2 Å². The number of carbonyl (C=O) groups is 2. The molecule has 1 aromatic carbocycles. The maximum atomic E-state index is 12.9.